The van der Waals surface area contributed by atoms with E-state index in [4.69, 9.17) is 0 Å². The van der Waals surface area contributed by atoms with Crippen LogP contribution in [0.25, 0.3) is 0 Å². The molecule has 5 heteroatoms. The molecule has 1 fully saturated rings. The highest BCUT2D eigenvalue weighted by Gasteiger charge is 2.26. The Morgan fingerprint density at radius 1 is 1.55 bits per heavy atom. The van der Waals surface area contributed by atoms with Gasteiger partial charge in [-0.3, -0.25) is 4.98 Å². The molecule has 0 spiro atoms. The zero-order valence-electron chi connectivity index (χ0n) is 12.2. The summed E-state index contributed by atoms with van der Waals surface area (Å²) in [7, 11) is 1.90. The van der Waals surface area contributed by atoms with Gasteiger partial charge in [-0.05, 0) is 51.4 Å². The molecule has 1 aliphatic rings. The number of likely N-dealkylation sites (tertiary alicyclic amines) is 1. The van der Waals surface area contributed by atoms with Crippen molar-refractivity contribution in [3.8, 4) is 0 Å². The Hall–Kier alpha value is -1.04. The third-order valence-corrected chi connectivity index (χ3v) is 4.18. The second kappa shape index (κ2) is 7.11. The number of nitrogens with zero attached hydrogens (tertiary/aromatic N) is 2. The van der Waals surface area contributed by atoms with E-state index in [0.717, 1.165) is 38.2 Å². The molecule has 112 valence electrons. The van der Waals surface area contributed by atoms with E-state index >= 15 is 0 Å². The number of hydrogen-bond acceptors (Lipinski definition) is 4. The van der Waals surface area contributed by atoms with Crippen LogP contribution < -0.4 is 5.32 Å². The molecule has 1 aromatic rings. The molecular formula is C15H24FN3O. The van der Waals surface area contributed by atoms with Crippen molar-refractivity contribution in [3.63, 3.8) is 0 Å². The fourth-order valence-electron chi connectivity index (χ4n) is 2.80. The van der Waals surface area contributed by atoms with Crippen molar-refractivity contribution in [1.29, 1.82) is 0 Å². The van der Waals surface area contributed by atoms with E-state index in [9.17, 15) is 9.50 Å². The summed E-state index contributed by atoms with van der Waals surface area (Å²) in [6, 6.07) is 3.33. The Kier molecular flexibility index (Phi) is 5.46. The van der Waals surface area contributed by atoms with Crippen molar-refractivity contribution in [3.05, 3.63) is 29.8 Å². The van der Waals surface area contributed by atoms with Gasteiger partial charge in [0.1, 0.15) is 5.82 Å². The Labute approximate surface area is 120 Å². The second-order valence-electron chi connectivity index (χ2n) is 5.62. The zero-order chi connectivity index (χ0) is 14.5. The molecule has 0 saturated carbocycles. The molecule has 0 aromatic carbocycles. The van der Waals surface area contributed by atoms with Gasteiger partial charge in [0.15, 0.2) is 0 Å². The lowest BCUT2D eigenvalue weighted by molar-refractivity contribution is 0.127. The second-order valence-corrected chi connectivity index (χ2v) is 5.62. The Bertz CT molecular complexity index is 410. The van der Waals surface area contributed by atoms with Gasteiger partial charge in [-0.2, -0.15) is 0 Å². The third kappa shape index (κ3) is 3.98. The molecule has 3 atom stereocenters. The molecule has 1 aromatic heterocycles. The first kappa shape index (κ1) is 15.4. The Morgan fingerprint density at radius 3 is 2.90 bits per heavy atom. The minimum Gasteiger partial charge on any atom is -0.393 e. The van der Waals surface area contributed by atoms with Gasteiger partial charge < -0.3 is 15.3 Å². The van der Waals surface area contributed by atoms with E-state index in [2.05, 4.69) is 15.2 Å². The van der Waals surface area contributed by atoms with Crippen LogP contribution >= 0.6 is 0 Å². The summed E-state index contributed by atoms with van der Waals surface area (Å²) < 4.78 is 12.9. The van der Waals surface area contributed by atoms with E-state index < -0.39 is 0 Å². The number of aliphatic hydroxyl groups excluding tert-OH is 1. The van der Waals surface area contributed by atoms with Crippen molar-refractivity contribution in [1.82, 2.24) is 15.2 Å². The smallest absolute Gasteiger partial charge is 0.141 e. The van der Waals surface area contributed by atoms with Crippen molar-refractivity contribution >= 4 is 0 Å². The first-order valence-corrected chi connectivity index (χ1v) is 7.29. The van der Waals surface area contributed by atoms with Crippen LogP contribution in [0.4, 0.5) is 4.39 Å². The summed E-state index contributed by atoms with van der Waals surface area (Å²) >= 11 is 0. The summed E-state index contributed by atoms with van der Waals surface area (Å²) in [4.78, 5) is 6.52. The molecule has 0 radical (unpaired) electrons. The van der Waals surface area contributed by atoms with Crippen LogP contribution in [-0.4, -0.2) is 47.8 Å². The number of rotatable bonds is 6. The van der Waals surface area contributed by atoms with Gasteiger partial charge in [0.25, 0.3) is 0 Å². The number of pyridine rings is 1. The van der Waals surface area contributed by atoms with Crippen LogP contribution in [0.1, 0.15) is 31.5 Å². The number of halogens is 1. The molecule has 2 rings (SSSR count). The van der Waals surface area contributed by atoms with E-state index in [-0.39, 0.29) is 18.0 Å². The van der Waals surface area contributed by atoms with Crippen LogP contribution in [0.3, 0.4) is 0 Å². The molecule has 2 N–H and O–H groups in total. The topological polar surface area (TPSA) is 48.4 Å². The Balaban J connectivity index is 1.84. The highest BCUT2D eigenvalue weighted by atomic mass is 19.1. The molecule has 0 bridgehead atoms. The molecular weight excluding hydrogens is 257 g/mol. The number of hydrogen-bond donors (Lipinski definition) is 2. The van der Waals surface area contributed by atoms with Gasteiger partial charge in [-0.25, -0.2) is 4.39 Å². The molecule has 2 heterocycles. The zero-order valence-corrected chi connectivity index (χ0v) is 12.2. The molecule has 4 nitrogen and oxygen atoms in total. The van der Waals surface area contributed by atoms with Crippen LogP contribution in [0.15, 0.2) is 18.3 Å². The van der Waals surface area contributed by atoms with Gasteiger partial charge in [-0.15, -0.1) is 0 Å². The fraction of sp³-hybridized carbons (Fsp3) is 0.667. The summed E-state index contributed by atoms with van der Waals surface area (Å²) in [5.41, 5.74) is 0.875. The fourth-order valence-corrected chi connectivity index (χ4v) is 2.80. The maximum absolute atomic E-state index is 12.9. The minimum atomic E-state index is -0.303. The molecule has 1 saturated heterocycles. The SMILES string of the molecule is CNC(CCN1CCC(C(C)O)C1)c1ccc(F)cn1. The average molecular weight is 281 g/mol. The standard InChI is InChI=1S/C15H24FN3O/c1-11(20)12-5-7-19(10-12)8-6-14(17-2)15-4-3-13(16)9-18-15/h3-4,9,11-12,14,17,20H,5-8,10H2,1-2H3. The van der Waals surface area contributed by atoms with Crippen LogP contribution in [-0.2, 0) is 0 Å². The van der Waals surface area contributed by atoms with Gasteiger partial charge in [-0.1, -0.05) is 0 Å². The lowest BCUT2D eigenvalue weighted by atomic mass is 10.0. The predicted molar refractivity (Wildman–Crippen MR) is 76.8 cm³/mol. The summed E-state index contributed by atoms with van der Waals surface area (Å²) in [5.74, 6) is 0.0925. The lowest BCUT2D eigenvalue weighted by Gasteiger charge is -2.21. The maximum atomic E-state index is 12.9. The van der Waals surface area contributed by atoms with Crippen LogP contribution in [0, 0.1) is 11.7 Å². The predicted octanol–water partition coefficient (Wildman–Crippen LogP) is 1.57. The first-order valence-electron chi connectivity index (χ1n) is 7.29. The molecule has 3 unspecified atom stereocenters. The largest absolute Gasteiger partial charge is 0.393 e. The summed E-state index contributed by atoms with van der Waals surface area (Å²) in [6.07, 6.45) is 3.04. The number of aromatic nitrogens is 1. The first-order chi connectivity index (χ1) is 9.60. The van der Waals surface area contributed by atoms with E-state index in [1.165, 1.54) is 12.3 Å². The van der Waals surface area contributed by atoms with Gasteiger partial charge >= 0.3 is 0 Å². The lowest BCUT2D eigenvalue weighted by Crippen LogP contribution is -2.28. The quantitative estimate of drug-likeness (QED) is 0.831. The van der Waals surface area contributed by atoms with Gasteiger partial charge in [0, 0.05) is 13.1 Å². The van der Waals surface area contributed by atoms with E-state index in [1.54, 1.807) is 6.07 Å². The van der Waals surface area contributed by atoms with Crippen molar-refractivity contribution in [2.75, 3.05) is 26.7 Å². The Morgan fingerprint density at radius 2 is 2.35 bits per heavy atom. The van der Waals surface area contributed by atoms with Crippen molar-refractivity contribution in [2.45, 2.75) is 31.9 Å². The summed E-state index contributed by atoms with van der Waals surface area (Å²) in [5, 5.41) is 12.8. The van der Waals surface area contributed by atoms with Gasteiger partial charge in [0.2, 0.25) is 0 Å². The molecule has 20 heavy (non-hydrogen) atoms. The third-order valence-electron chi connectivity index (χ3n) is 4.18. The molecule has 1 aliphatic heterocycles. The maximum Gasteiger partial charge on any atom is 0.141 e. The van der Waals surface area contributed by atoms with Gasteiger partial charge in [0.05, 0.1) is 24.0 Å². The van der Waals surface area contributed by atoms with Crippen LogP contribution in [0.2, 0.25) is 0 Å². The minimum absolute atomic E-state index is 0.140. The normalized spacial score (nSPS) is 22.9. The highest BCUT2D eigenvalue weighted by Crippen LogP contribution is 2.22. The van der Waals surface area contributed by atoms with Crippen molar-refractivity contribution < 1.29 is 9.50 Å². The number of aliphatic hydroxyl groups is 1. The van der Waals surface area contributed by atoms with Crippen LogP contribution in [0.5, 0.6) is 0 Å². The van der Waals surface area contributed by atoms with E-state index in [1.807, 2.05) is 14.0 Å². The average Bonchev–Trinajstić information content (AvgIpc) is 2.90. The van der Waals surface area contributed by atoms with E-state index in [0.29, 0.717) is 5.92 Å². The van der Waals surface area contributed by atoms with Crippen molar-refractivity contribution in [2.24, 2.45) is 5.92 Å². The molecule has 0 aliphatic carbocycles. The monoisotopic (exact) mass is 281 g/mol. The highest BCUT2D eigenvalue weighted by molar-refractivity contribution is 5.09. The number of nitrogens with one attached hydrogen (secondary N) is 1. The molecule has 0 amide bonds. The summed E-state index contributed by atoms with van der Waals surface area (Å²) in [6.45, 7) is 4.84.